The summed E-state index contributed by atoms with van der Waals surface area (Å²) in [5, 5.41) is 26.2. The van der Waals surface area contributed by atoms with Crippen molar-refractivity contribution in [3.05, 3.63) is 145 Å². The van der Waals surface area contributed by atoms with Crippen LogP contribution in [0, 0.1) is 34.3 Å². The maximum Gasteiger partial charge on any atom is 0.490 e. The summed E-state index contributed by atoms with van der Waals surface area (Å²) in [5.41, 5.74) is 10.6. The van der Waals surface area contributed by atoms with E-state index < -0.39 is 92.8 Å². The van der Waals surface area contributed by atoms with Gasteiger partial charge < -0.3 is 59.4 Å². The van der Waals surface area contributed by atoms with Gasteiger partial charge in [-0.2, -0.15) is 18.2 Å². The number of nitrogen functional groups attached to an aromatic ring is 1. The van der Waals surface area contributed by atoms with E-state index in [0.717, 1.165) is 22.5 Å². The third-order valence-electron chi connectivity index (χ3n) is 15.5. The average molecular weight is 1340 g/mol. The van der Waals surface area contributed by atoms with Crippen molar-refractivity contribution < 1.29 is 93.0 Å². The number of anilines is 2. The van der Waals surface area contributed by atoms with Crippen LogP contribution in [0.15, 0.2) is 100 Å². The Hall–Kier alpha value is -6.54. The minimum absolute atomic E-state index is 0.0799. The van der Waals surface area contributed by atoms with Gasteiger partial charge in [0.2, 0.25) is 11.6 Å². The van der Waals surface area contributed by atoms with Gasteiger partial charge in [-0.1, -0.05) is 82.4 Å². The van der Waals surface area contributed by atoms with Gasteiger partial charge in [-0.05, 0) is 81.9 Å². The predicted molar refractivity (Wildman–Crippen MR) is 333 cm³/mol. The van der Waals surface area contributed by atoms with Crippen molar-refractivity contribution in [3.63, 3.8) is 0 Å². The van der Waals surface area contributed by atoms with Crippen molar-refractivity contribution in [1.82, 2.24) is 14.9 Å². The second-order valence-corrected chi connectivity index (χ2v) is 29.8. The molecule has 0 saturated carbocycles. The van der Waals surface area contributed by atoms with Gasteiger partial charge in [-0.25, -0.2) is 26.9 Å². The number of methoxy groups -OCH3 is 1. The van der Waals surface area contributed by atoms with Gasteiger partial charge >= 0.3 is 29.2 Å². The number of nitrogens with zero attached hydrogens (tertiary/aromatic N) is 5. The number of likely N-dealkylation sites (N-methyl/N-ethyl adjacent to an activating group) is 1. The lowest BCUT2D eigenvalue weighted by Crippen LogP contribution is -2.30. The maximum atomic E-state index is 13.1. The van der Waals surface area contributed by atoms with E-state index in [2.05, 4.69) is 96.7 Å². The molecule has 0 radical (unpaired) electrons. The maximum absolute atomic E-state index is 13.1. The fourth-order valence-corrected chi connectivity index (χ4v) is 14.7. The van der Waals surface area contributed by atoms with Crippen LogP contribution in [0.3, 0.4) is 0 Å². The first kappa shape index (κ1) is 71.9. The van der Waals surface area contributed by atoms with Gasteiger partial charge in [0.25, 0.3) is 5.69 Å². The van der Waals surface area contributed by atoms with Crippen LogP contribution in [0.5, 0.6) is 5.75 Å². The average Bonchev–Trinajstić information content (AvgIpc) is 1.62. The molecule has 3 aliphatic rings. The number of fused-ring (bicyclic) bond motifs is 2. The van der Waals surface area contributed by atoms with Crippen molar-refractivity contribution in [1.29, 1.82) is 0 Å². The number of nitrogens with one attached hydrogen (secondary N) is 1. The molecule has 3 unspecified atom stereocenters. The number of allylic oxidation sites excluding steroid dienone is 6. The number of aliphatic hydroxyl groups excluding tert-OH is 1. The molecular weight excluding hydrogens is 1270 g/mol. The van der Waals surface area contributed by atoms with E-state index in [1.54, 1.807) is 26.8 Å². The number of aliphatic hydroxyl groups is 1. The number of carbonyl (C=O) groups is 1. The molecule has 3 aliphatic heterocycles. The predicted octanol–water partition coefficient (Wildman–Crippen LogP) is 8.17. The monoisotopic (exact) mass is 1340 g/mol. The number of carbonyl (C=O) groups excluding carboxylic acids is 1. The first-order valence-electron chi connectivity index (χ1n) is 28.7. The molecule has 3 aromatic carbocycles. The number of phosphoric acid groups is 3. The summed E-state index contributed by atoms with van der Waals surface area (Å²) in [5.74, 6) is 5.27. The number of rotatable bonds is 26. The molecule has 7 rings (SSSR count). The summed E-state index contributed by atoms with van der Waals surface area (Å²) >= 11 is 0. The fourth-order valence-electron chi connectivity index (χ4n) is 11.2. The Morgan fingerprint density at radius 2 is 1.71 bits per heavy atom. The second kappa shape index (κ2) is 28.4. The highest BCUT2D eigenvalue weighted by molar-refractivity contribution is 7.85. The summed E-state index contributed by atoms with van der Waals surface area (Å²) < 4.78 is 104. The highest BCUT2D eigenvalue weighted by atomic mass is 32.2. The van der Waals surface area contributed by atoms with Crippen molar-refractivity contribution in [2.45, 2.75) is 141 Å². The zero-order valence-electron chi connectivity index (χ0n) is 51.8. The molecule has 0 aliphatic carbocycles. The number of ether oxygens (including phenoxy) is 3. The van der Waals surface area contributed by atoms with Crippen LogP contribution < -0.4 is 26.4 Å². The lowest BCUT2D eigenvalue weighted by molar-refractivity contribution is -0.438. The van der Waals surface area contributed by atoms with Gasteiger partial charge in [-0.3, -0.25) is 24.0 Å². The zero-order chi connectivity index (χ0) is 67.4. The quantitative estimate of drug-likeness (QED) is 0.00455. The lowest BCUT2D eigenvalue weighted by atomic mass is 9.81. The number of aromatic nitrogens is 2. The van der Waals surface area contributed by atoms with Crippen molar-refractivity contribution in [3.8, 4) is 17.6 Å². The van der Waals surface area contributed by atoms with Crippen molar-refractivity contribution in [2.75, 3.05) is 44.0 Å². The number of nitrogens with two attached hydrogens (primary N) is 1. The largest absolute Gasteiger partial charge is 0.744 e. The molecular formula is C59H76N7O21P3S. The number of hydrogen-bond acceptors (Lipinski definition) is 20. The molecule has 494 valence electrons. The summed E-state index contributed by atoms with van der Waals surface area (Å²) in [6, 6.07) is 13.6. The van der Waals surface area contributed by atoms with Gasteiger partial charge in [0.15, 0.2) is 5.71 Å². The Bertz CT molecular complexity index is 3990. The van der Waals surface area contributed by atoms with Crippen LogP contribution in [-0.4, -0.2) is 114 Å². The molecule has 1 saturated heterocycles. The van der Waals surface area contributed by atoms with Gasteiger partial charge in [0, 0.05) is 78.1 Å². The van der Waals surface area contributed by atoms with Crippen LogP contribution in [0.4, 0.5) is 22.9 Å². The summed E-state index contributed by atoms with van der Waals surface area (Å²) in [7, 11) is -20.5. The number of unbranched alkanes of at least 4 members (excludes halogenated alkanes) is 2. The van der Waals surface area contributed by atoms with E-state index in [0.29, 0.717) is 31.4 Å². The molecule has 32 heteroatoms. The summed E-state index contributed by atoms with van der Waals surface area (Å²) in [6.45, 7) is 17.7. The number of hydrogen-bond donors (Lipinski definition) is 7. The fraction of sp³-hybridized carbons (Fsp3) is 0.458. The third-order valence-corrected chi connectivity index (χ3v) is 20.2. The van der Waals surface area contributed by atoms with Crippen molar-refractivity contribution in [2.24, 2.45) is 5.41 Å². The van der Waals surface area contributed by atoms with E-state index in [9.17, 15) is 61.3 Å². The zero-order valence-corrected chi connectivity index (χ0v) is 55.3. The van der Waals surface area contributed by atoms with E-state index in [1.165, 1.54) is 60.1 Å². The Kier molecular flexibility index (Phi) is 22.4. The van der Waals surface area contributed by atoms with E-state index in [1.807, 2.05) is 38.2 Å². The topological polar surface area (TPSA) is 404 Å². The Labute approximate surface area is 526 Å². The number of aryl methyl sites for hydroxylation is 1. The minimum Gasteiger partial charge on any atom is -0.744 e. The highest BCUT2D eigenvalue weighted by Crippen LogP contribution is 2.66. The molecule has 28 nitrogen and oxygen atoms in total. The molecule has 1 fully saturated rings. The summed E-state index contributed by atoms with van der Waals surface area (Å²) in [6.07, 6.45) is 7.58. The Balaban J connectivity index is 0.973. The Morgan fingerprint density at radius 1 is 1.00 bits per heavy atom. The molecule has 1 amide bonds. The van der Waals surface area contributed by atoms with E-state index in [4.69, 9.17) is 29.7 Å². The molecule has 4 heterocycles. The molecule has 0 bridgehead atoms. The molecule has 0 spiro atoms. The van der Waals surface area contributed by atoms with Gasteiger partial charge in [0.05, 0.1) is 65.4 Å². The first-order chi connectivity index (χ1) is 42.3. The molecule has 4 aromatic rings. The van der Waals surface area contributed by atoms with Gasteiger partial charge in [0.1, 0.15) is 40.6 Å². The second-order valence-electron chi connectivity index (χ2n) is 24.0. The van der Waals surface area contributed by atoms with Crippen LogP contribution >= 0.6 is 23.5 Å². The standard InChI is InChI=1S/C59H76N7O21P3S/c1-11-63-44-25-23-37(2)29-42(44)58(6,7)50(63)20-14-12-15-21-51-59(8,9)43-31-40(91(79,80)81)24-26-45(43)64(51)28-17-13-16-22-52(68)61-27-18-19-38-30-46(66(70)71)41(32-48(38)82-10)54(57(3,4)5)83-35-39-34-65(56(69)62-55(39)60)53-33-47(67)49(85-53)36-84-89(75,76)87-90(77,78)86-88(72,73)74/h12,14-15,20-21,23-26,29-32,34,47,49,53-54,67H,11,13,16-17,22,27-28,33,35-36H2,1-10H3,(H7-,60,61,62,68,69,72,73,74,75,76,77,78,79,80,81)/t47?,49-,53-,54-/m1/s1. The molecule has 1 aromatic heterocycles. The number of phosphoric ester groups is 1. The van der Waals surface area contributed by atoms with Crippen LogP contribution in [0.2, 0.25) is 0 Å². The van der Waals surface area contributed by atoms with Crippen LogP contribution in [0.1, 0.15) is 133 Å². The first-order valence-corrected chi connectivity index (χ1v) is 34.6. The highest BCUT2D eigenvalue weighted by Gasteiger charge is 2.46. The number of benzene rings is 3. The number of amides is 1. The third kappa shape index (κ3) is 17.6. The minimum atomic E-state index is -5.84. The van der Waals surface area contributed by atoms with E-state index in [-0.39, 0.29) is 69.5 Å². The van der Waals surface area contributed by atoms with Crippen LogP contribution in [0.25, 0.3) is 0 Å². The Morgan fingerprint density at radius 3 is 2.36 bits per heavy atom. The van der Waals surface area contributed by atoms with Crippen LogP contribution in [-0.2, 0) is 68.7 Å². The SMILES string of the molecule is CCN1C(=CC=CC=CC2=[N+](CCCCCC(=O)NCC#Cc3cc([N+](=O)[O-])c([C@@H](OCc4cn([C@H]5CC(O)[C@@H](COP(=O)(O)OP(=O)(O)OP(=O)(O)O)O5)c(=O)nc4N)C(C)(C)C)cc3OC)c3ccc(S(=O)(=O)[O-])cc3C2(C)C)C(C)(C)c2cc(C)ccc21. The van der Waals surface area contributed by atoms with Gasteiger partial charge in [-0.15, -0.1) is 0 Å². The van der Waals surface area contributed by atoms with Crippen molar-refractivity contribution >= 4 is 68.1 Å². The molecule has 6 atom stereocenters. The smallest absolute Gasteiger partial charge is 0.490 e. The summed E-state index contributed by atoms with van der Waals surface area (Å²) in [4.78, 5) is 81.0. The van der Waals surface area contributed by atoms with E-state index >= 15 is 0 Å². The number of nitro groups is 1. The number of nitro benzene ring substituents is 1. The molecule has 8 N–H and O–H groups in total. The normalized spacial score (nSPS) is 20.1. The lowest BCUT2D eigenvalue weighted by Gasteiger charge is -2.31. The molecule has 91 heavy (non-hydrogen) atoms.